The van der Waals surface area contributed by atoms with Crippen LogP contribution in [0.2, 0.25) is 5.02 Å². The fourth-order valence-electron chi connectivity index (χ4n) is 12.0. The number of aromatic nitrogens is 1. The van der Waals surface area contributed by atoms with Crippen LogP contribution in [-0.4, -0.2) is 118 Å². The molecule has 74 heavy (non-hydrogen) atoms. The molecule has 5 aromatic rings. The molecule has 2 saturated heterocycles. The topological polar surface area (TPSA) is 171 Å². The smallest absolute Gasteiger partial charge is 0.255 e. The number of aryl methyl sites for hydroxylation is 2. The number of carbonyl (C=O) groups is 4. The first kappa shape index (κ1) is 52.5. The molecule has 0 spiro atoms. The summed E-state index contributed by atoms with van der Waals surface area (Å²) >= 11 is 7.86. The van der Waals surface area contributed by atoms with Crippen molar-refractivity contribution < 1.29 is 29.0 Å². The Morgan fingerprint density at radius 2 is 1.65 bits per heavy atom. The van der Waals surface area contributed by atoms with Gasteiger partial charge in [0.2, 0.25) is 11.8 Å². The number of hydrogen-bond acceptors (Lipinski definition) is 11. The number of aliphatic hydroxyl groups excluding tert-OH is 1. The fraction of sp³-hybridized carbons (Fsp3) is 0.448. The number of nitriles is 1. The van der Waals surface area contributed by atoms with E-state index in [-0.39, 0.29) is 72.0 Å². The molecule has 3 aliphatic heterocycles. The van der Waals surface area contributed by atoms with Crippen molar-refractivity contribution in [3.05, 3.63) is 135 Å². The van der Waals surface area contributed by atoms with Crippen molar-refractivity contribution in [2.24, 2.45) is 16.7 Å². The van der Waals surface area contributed by atoms with Gasteiger partial charge in [-0.2, -0.15) is 5.26 Å². The second kappa shape index (κ2) is 21.5. The first-order chi connectivity index (χ1) is 35.3. The SMILES string of the molecule is Cc1ncsc1-c1ccc(CNC(=O)[C@@H]2C[C@@H](O)CN2C(=O)[C@@H](C(C)C)N2Cc3ccc(N4CCN(CCCc5ccc(C(=O)NC6C(C)(C)C(Oc7ccc(C#N)c(Cl)c7)C6(C)C)cc5)CC4)cc3C2=O)cc1. The molecule has 4 amide bonds. The molecule has 4 aromatic carbocycles. The van der Waals surface area contributed by atoms with Crippen LogP contribution in [0.4, 0.5) is 5.69 Å². The van der Waals surface area contributed by atoms with Crippen molar-refractivity contribution in [1.82, 2.24) is 30.3 Å². The highest BCUT2D eigenvalue weighted by molar-refractivity contribution is 7.13. The molecule has 0 unspecified atom stereocenters. The predicted octanol–water partition coefficient (Wildman–Crippen LogP) is 8.27. The van der Waals surface area contributed by atoms with Crippen LogP contribution in [0.5, 0.6) is 5.75 Å². The largest absolute Gasteiger partial charge is 0.489 e. The number of likely N-dealkylation sites (tertiary alicyclic amines) is 1. The Hall–Kier alpha value is -6.31. The number of fused-ring (bicyclic) bond motifs is 1. The number of ether oxygens (including phenoxy) is 1. The lowest BCUT2D eigenvalue weighted by molar-refractivity contribution is -0.164. The summed E-state index contributed by atoms with van der Waals surface area (Å²) in [4.78, 5) is 69.3. The van der Waals surface area contributed by atoms with E-state index in [9.17, 15) is 29.5 Å². The van der Waals surface area contributed by atoms with Crippen LogP contribution in [0.1, 0.15) is 103 Å². The summed E-state index contributed by atoms with van der Waals surface area (Å²) in [5.74, 6) is -0.615. The third-order valence-electron chi connectivity index (χ3n) is 15.8. The van der Waals surface area contributed by atoms with Gasteiger partial charge in [0, 0.05) is 92.0 Å². The standard InChI is InChI=1S/C58H67ClN8O6S/c1-35(2)49(54(72)66-33-44(68)28-48(66)52(70)61-31-38-12-14-39(15-13-38)50-36(3)62-34-74-50)67-32-42-18-20-43(27-46(42)53(67)71)65-25-23-64(24-26-65)22-8-9-37-10-16-40(17-11-37)51(69)63-55-57(4,5)56(58(55,6)7)73-45-21-19-41(30-60)47(59)29-45/h10-21,27,29,34-35,44,48-49,55-56,68H,8-9,22-26,28,31-33H2,1-7H3,(H,61,70)(H,63,69)/t44-,48+,49-,55?,56?/m1/s1. The Bertz CT molecular complexity index is 2930. The molecule has 3 atom stereocenters. The highest BCUT2D eigenvalue weighted by Gasteiger charge is 2.64. The van der Waals surface area contributed by atoms with E-state index in [0.29, 0.717) is 34.0 Å². The average molecular weight is 1040 g/mol. The maximum Gasteiger partial charge on any atom is 0.255 e. The average Bonchev–Trinajstić information content (AvgIpc) is 4.12. The zero-order chi connectivity index (χ0) is 52.6. The molecule has 9 rings (SSSR count). The number of piperazine rings is 1. The predicted molar refractivity (Wildman–Crippen MR) is 288 cm³/mol. The number of amides is 4. The minimum absolute atomic E-state index is 0.0274. The van der Waals surface area contributed by atoms with Gasteiger partial charge in [0.05, 0.1) is 32.8 Å². The lowest BCUT2D eigenvalue weighted by Crippen LogP contribution is -2.74. The number of thiazole rings is 1. The zero-order valence-electron chi connectivity index (χ0n) is 43.4. The first-order valence-corrected chi connectivity index (χ1v) is 27.0. The van der Waals surface area contributed by atoms with Gasteiger partial charge in [0.15, 0.2) is 0 Å². The maximum atomic E-state index is 14.5. The Labute approximate surface area is 443 Å². The Morgan fingerprint density at radius 1 is 0.946 bits per heavy atom. The van der Waals surface area contributed by atoms with Crippen LogP contribution in [0.25, 0.3) is 10.4 Å². The number of aliphatic hydroxyl groups is 1. The minimum Gasteiger partial charge on any atom is -0.489 e. The molecule has 3 N–H and O–H groups in total. The van der Waals surface area contributed by atoms with Crippen LogP contribution >= 0.6 is 22.9 Å². The summed E-state index contributed by atoms with van der Waals surface area (Å²) in [5.41, 5.74) is 8.69. The normalized spacial score (nSPS) is 21.5. The third kappa shape index (κ3) is 10.6. The Kier molecular flexibility index (Phi) is 15.3. The molecule has 14 nitrogen and oxygen atoms in total. The zero-order valence-corrected chi connectivity index (χ0v) is 44.9. The van der Waals surface area contributed by atoms with E-state index in [1.807, 2.05) is 86.9 Å². The van der Waals surface area contributed by atoms with Crippen molar-refractivity contribution >= 4 is 52.3 Å². The highest BCUT2D eigenvalue weighted by atomic mass is 35.5. The summed E-state index contributed by atoms with van der Waals surface area (Å²) in [6.45, 7) is 19.1. The molecule has 388 valence electrons. The van der Waals surface area contributed by atoms with Crippen LogP contribution in [-0.2, 0) is 29.1 Å². The van der Waals surface area contributed by atoms with Crippen LogP contribution in [0.15, 0.2) is 90.4 Å². The number of nitrogens with one attached hydrogen (secondary N) is 2. The number of nitrogens with zero attached hydrogens (tertiary/aromatic N) is 6. The van der Waals surface area contributed by atoms with E-state index in [2.05, 4.69) is 65.2 Å². The number of carbonyl (C=O) groups excluding carboxylic acids is 4. The maximum absolute atomic E-state index is 14.5. The van der Waals surface area contributed by atoms with Crippen molar-refractivity contribution in [3.8, 4) is 22.3 Å². The molecule has 1 aliphatic carbocycles. The highest BCUT2D eigenvalue weighted by Crippen LogP contribution is 2.55. The summed E-state index contributed by atoms with van der Waals surface area (Å²) in [6.07, 6.45) is 0.964. The van der Waals surface area contributed by atoms with E-state index in [1.165, 1.54) is 10.5 Å². The number of benzene rings is 4. The van der Waals surface area contributed by atoms with Gasteiger partial charge in [-0.15, -0.1) is 11.3 Å². The van der Waals surface area contributed by atoms with Gasteiger partial charge in [0.1, 0.15) is 30.0 Å². The number of hydrogen-bond donors (Lipinski definition) is 3. The van der Waals surface area contributed by atoms with E-state index in [4.69, 9.17) is 16.3 Å². The van der Waals surface area contributed by atoms with E-state index >= 15 is 0 Å². The van der Waals surface area contributed by atoms with Gasteiger partial charge in [0.25, 0.3) is 11.8 Å². The molecule has 3 fully saturated rings. The number of halogens is 1. The van der Waals surface area contributed by atoms with Crippen molar-refractivity contribution in [2.75, 3.05) is 44.2 Å². The van der Waals surface area contributed by atoms with Crippen molar-refractivity contribution in [3.63, 3.8) is 0 Å². The Morgan fingerprint density at radius 3 is 2.30 bits per heavy atom. The number of rotatable bonds is 16. The van der Waals surface area contributed by atoms with Crippen LogP contribution in [0.3, 0.4) is 0 Å². The monoisotopic (exact) mass is 1040 g/mol. The molecule has 16 heteroatoms. The van der Waals surface area contributed by atoms with E-state index in [1.54, 1.807) is 34.4 Å². The van der Waals surface area contributed by atoms with Gasteiger partial charge in [-0.3, -0.25) is 24.1 Å². The summed E-state index contributed by atoms with van der Waals surface area (Å²) < 4.78 is 6.40. The molecule has 1 saturated carbocycles. The lowest BCUT2D eigenvalue weighted by atomic mass is 9.49. The van der Waals surface area contributed by atoms with E-state index in [0.717, 1.165) is 78.5 Å². The van der Waals surface area contributed by atoms with Crippen molar-refractivity contribution in [2.45, 2.75) is 111 Å². The molecule has 0 bridgehead atoms. The molecule has 4 aliphatic rings. The quantitative estimate of drug-likeness (QED) is 0.0874. The fourth-order valence-corrected chi connectivity index (χ4v) is 13.0. The molecule has 1 aromatic heterocycles. The second-order valence-electron chi connectivity index (χ2n) is 22.0. The molecule has 0 radical (unpaired) electrons. The number of anilines is 1. The van der Waals surface area contributed by atoms with E-state index < -0.39 is 18.2 Å². The van der Waals surface area contributed by atoms with Gasteiger partial charge in [-0.1, -0.05) is 95.6 Å². The van der Waals surface area contributed by atoms with Gasteiger partial charge in [-0.05, 0) is 90.9 Å². The summed E-state index contributed by atoms with van der Waals surface area (Å²) in [6, 6.07) is 27.3. The van der Waals surface area contributed by atoms with Gasteiger partial charge >= 0.3 is 0 Å². The third-order valence-corrected chi connectivity index (χ3v) is 17.1. The number of β-amino-alcohol motifs (C(OH)–C–C–N with tert-alkyl or cyclic N) is 1. The summed E-state index contributed by atoms with van der Waals surface area (Å²) in [5, 5.41) is 26.6. The minimum atomic E-state index is -0.852. The first-order valence-electron chi connectivity index (χ1n) is 25.8. The molecular weight excluding hydrogens is 972 g/mol. The second-order valence-corrected chi connectivity index (χ2v) is 23.2. The Balaban J connectivity index is 0.731. The van der Waals surface area contributed by atoms with Gasteiger partial charge in [-0.25, -0.2) is 4.98 Å². The van der Waals surface area contributed by atoms with Crippen LogP contribution < -0.4 is 20.3 Å². The van der Waals surface area contributed by atoms with Gasteiger partial charge < -0.3 is 35.2 Å². The lowest BCUT2D eigenvalue weighted by Gasteiger charge is -2.63. The summed E-state index contributed by atoms with van der Waals surface area (Å²) in [7, 11) is 0. The molecular formula is C58H67ClN8O6S. The van der Waals surface area contributed by atoms with Crippen LogP contribution in [0, 0.1) is 35.0 Å². The molecule has 4 heterocycles. The van der Waals surface area contributed by atoms with Crippen molar-refractivity contribution in [1.29, 1.82) is 5.26 Å².